The van der Waals surface area contributed by atoms with E-state index in [0.29, 0.717) is 11.3 Å². The Morgan fingerprint density at radius 3 is 2.75 bits per heavy atom. The molecule has 1 saturated carbocycles. The minimum atomic E-state index is -0.103. The molecule has 0 amide bonds. The van der Waals surface area contributed by atoms with Gasteiger partial charge < -0.3 is 4.74 Å². The third-order valence-corrected chi connectivity index (χ3v) is 3.70. The van der Waals surface area contributed by atoms with Crippen molar-refractivity contribution in [1.82, 2.24) is 9.55 Å². The predicted molar refractivity (Wildman–Crippen MR) is 75.9 cm³/mol. The van der Waals surface area contributed by atoms with Gasteiger partial charge in [-0.2, -0.15) is 0 Å². The largest absolute Gasteiger partial charge is 0.490 e. The number of benzene rings is 1. The number of carbonyl (C=O) groups excluding carboxylic acids is 1. The maximum Gasteiger partial charge on any atom is 0.266 e. The average molecular weight is 270 g/mol. The molecule has 1 aliphatic carbocycles. The zero-order valence-corrected chi connectivity index (χ0v) is 11.4. The van der Waals surface area contributed by atoms with Gasteiger partial charge in [-0.15, -0.1) is 0 Å². The fourth-order valence-electron chi connectivity index (χ4n) is 2.63. The second kappa shape index (κ2) is 5.90. The van der Waals surface area contributed by atoms with Crippen molar-refractivity contribution < 1.29 is 9.53 Å². The van der Waals surface area contributed by atoms with Crippen molar-refractivity contribution in [2.45, 2.75) is 38.2 Å². The number of aromatic nitrogens is 2. The lowest BCUT2D eigenvalue weighted by Crippen LogP contribution is -2.21. The van der Waals surface area contributed by atoms with E-state index in [1.165, 1.54) is 30.2 Å². The Balaban J connectivity index is 1.82. The molecule has 0 N–H and O–H groups in total. The first-order chi connectivity index (χ1) is 9.84. The fourth-order valence-corrected chi connectivity index (χ4v) is 2.63. The molecule has 0 unspecified atom stereocenters. The van der Waals surface area contributed by atoms with Crippen LogP contribution in [0.4, 0.5) is 0 Å². The number of rotatable bonds is 3. The maximum atomic E-state index is 12.4. The van der Waals surface area contributed by atoms with Crippen LogP contribution in [-0.4, -0.2) is 21.6 Å². The van der Waals surface area contributed by atoms with Gasteiger partial charge in [0.05, 0.1) is 11.7 Å². The molecule has 4 nitrogen and oxygen atoms in total. The molecule has 1 aromatic heterocycles. The fraction of sp³-hybridized carbons (Fsp3) is 0.375. The first kappa shape index (κ1) is 12.9. The van der Waals surface area contributed by atoms with Crippen LogP contribution in [0.1, 0.15) is 42.5 Å². The standard InChI is InChI=1S/C16H18N2O2/c19-16(18-11-10-17-12-18)14-8-4-5-9-15(14)20-13-6-2-1-3-7-13/h4-5,8-13H,1-3,6-7H2. The molecule has 4 heteroatoms. The third-order valence-electron chi connectivity index (χ3n) is 3.70. The summed E-state index contributed by atoms with van der Waals surface area (Å²) in [5.74, 6) is 0.576. The van der Waals surface area contributed by atoms with E-state index in [-0.39, 0.29) is 12.0 Å². The average Bonchev–Trinajstić information content (AvgIpc) is 3.02. The maximum absolute atomic E-state index is 12.4. The van der Waals surface area contributed by atoms with Gasteiger partial charge in [0.2, 0.25) is 0 Å². The van der Waals surface area contributed by atoms with Gasteiger partial charge in [0, 0.05) is 12.4 Å². The van der Waals surface area contributed by atoms with Crippen molar-refractivity contribution in [1.29, 1.82) is 0 Å². The summed E-state index contributed by atoms with van der Waals surface area (Å²) in [7, 11) is 0. The van der Waals surface area contributed by atoms with Crippen LogP contribution < -0.4 is 4.74 Å². The quantitative estimate of drug-likeness (QED) is 0.859. The number of carbonyl (C=O) groups is 1. The van der Waals surface area contributed by atoms with Crippen LogP contribution in [0, 0.1) is 0 Å². The molecule has 1 heterocycles. The van der Waals surface area contributed by atoms with Gasteiger partial charge in [-0.05, 0) is 37.8 Å². The monoisotopic (exact) mass is 270 g/mol. The van der Waals surface area contributed by atoms with Gasteiger partial charge >= 0.3 is 0 Å². The number of para-hydroxylation sites is 1. The van der Waals surface area contributed by atoms with Crippen LogP contribution in [0.15, 0.2) is 43.0 Å². The Labute approximate surface area is 118 Å². The molecule has 0 aliphatic heterocycles. The Hall–Kier alpha value is -2.10. The SMILES string of the molecule is O=C(c1ccccc1OC1CCCCC1)n1ccnc1. The van der Waals surface area contributed by atoms with E-state index in [9.17, 15) is 4.79 Å². The number of ether oxygens (including phenoxy) is 1. The lowest BCUT2D eigenvalue weighted by molar-refractivity contribution is 0.0948. The molecule has 0 bridgehead atoms. The molecular formula is C16H18N2O2. The second-order valence-corrected chi connectivity index (χ2v) is 5.15. The molecule has 20 heavy (non-hydrogen) atoms. The van der Waals surface area contributed by atoms with E-state index in [1.54, 1.807) is 18.5 Å². The normalized spacial score (nSPS) is 16.0. The lowest BCUT2D eigenvalue weighted by atomic mass is 9.97. The highest BCUT2D eigenvalue weighted by molar-refractivity contribution is 5.98. The van der Waals surface area contributed by atoms with Crippen LogP contribution in [0.3, 0.4) is 0 Å². The van der Waals surface area contributed by atoms with Gasteiger partial charge in [0.15, 0.2) is 0 Å². The van der Waals surface area contributed by atoms with E-state index >= 15 is 0 Å². The molecule has 104 valence electrons. The molecule has 1 aromatic carbocycles. The zero-order chi connectivity index (χ0) is 13.8. The van der Waals surface area contributed by atoms with Crippen LogP contribution >= 0.6 is 0 Å². The van der Waals surface area contributed by atoms with Crippen molar-refractivity contribution in [3.8, 4) is 5.75 Å². The zero-order valence-electron chi connectivity index (χ0n) is 11.4. The molecule has 0 saturated heterocycles. The molecule has 0 spiro atoms. The summed E-state index contributed by atoms with van der Waals surface area (Å²) < 4.78 is 7.53. The van der Waals surface area contributed by atoms with E-state index in [1.807, 2.05) is 18.2 Å². The summed E-state index contributed by atoms with van der Waals surface area (Å²) in [6.45, 7) is 0. The van der Waals surface area contributed by atoms with Crippen molar-refractivity contribution in [2.75, 3.05) is 0 Å². The highest BCUT2D eigenvalue weighted by Crippen LogP contribution is 2.26. The number of imidazole rings is 1. The highest BCUT2D eigenvalue weighted by atomic mass is 16.5. The summed E-state index contributed by atoms with van der Waals surface area (Å²) in [5.41, 5.74) is 0.594. The Morgan fingerprint density at radius 2 is 2.00 bits per heavy atom. The van der Waals surface area contributed by atoms with Crippen molar-refractivity contribution >= 4 is 5.91 Å². The second-order valence-electron chi connectivity index (χ2n) is 5.15. The lowest BCUT2D eigenvalue weighted by Gasteiger charge is -2.24. The topological polar surface area (TPSA) is 44.1 Å². The molecule has 2 aromatic rings. The molecular weight excluding hydrogens is 252 g/mol. The van der Waals surface area contributed by atoms with Gasteiger partial charge in [-0.1, -0.05) is 18.6 Å². The number of hydrogen-bond donors (Lipinski definition) is 0. The van der Waals surface area contributed by atoms with Gasteiger partial charge in [-0.25, -0.2) is 4.98 Å². The first-order valence-corrected chi connectivity index (χ1v) is 7.13. The van der Waals surface area contributed by atoms with E-state index in [2.05, 4.69) is 4.98 Å². The van der Waals surface area contributed by atoms with E-state index < -0.39 is 0 Å². The highest BCUT2D eigenvalue weighted by Gasteiger charge is 2.19. The van der Waals surface area contributed by atoms with E-state index in [4.69, 9.17) is 4.74 Å². The molecule has 0 radical (unpaired) electrons. The summed E-state index contributed by atoms with van der Waals surface area (Å²) in [6.07, 6.45) is 10.9. The predicted octanol–water partition coefficient (Wildman–Crippen LogP) is 3.28. The van der Waals surface area contributed by atoms with Crippen molar-refractivity contribution in [3.63, 3.8) is 0 Å². The Morgan fingerprint density at radius 1 is 1.20 bits per heavy atom. The third kappa shape index (κ3) is 2.74. The van der Waals surface area contributed by atoms with Crippen LogP contribution in [0.25, 0.3) is 0 Å². The Bertz CT molecular complexity index is 572. The van der Waals surface area contributed by atoms with Crippen molar-refractivity contribution in [3.05, 3.63) is 48.5 Å². The van der Waals surface area contributed by atoms with Gasteiger partial charge in [0.25, 0.3) is 5.91 Å². The van der Waals surface area contributed by atoms with Crippen molar-refractivity contribution in [2.24, 2.45) is 0 Å². The minimum Gasteiger partial charge on any atom is -0.490 e. The smallest absolute Gasteiger partial charge is 0.266 e. The van der Waals surface area contributed by atoms with Crippen LogP contribution in [-0.2, 0) is 0 Å². The summed E-state index contributed by atoms with van der Waals surface area (Å²) in [5, 5.41) is 0. The number of hydrogen-bond acceptors (Lipinski definition) is 3. The Kier molecular flexibility index (Phi) is 3.81. The van der Waals surface area contributed by atoms with Crippen LogP contribution in [0.2, 0.25) is 0 Å². The first-order valence-electron chi connectivity index (χ1n) is 7.13. The van der Waals surface area contributed by atoms with Gasteiger partial charge in [0.1, 0.15) is 12.1 Å². The molecule has 1 fully saturated rings. The molecule has 0 atom stereocenters. The molecule has 1 aliphatic rings. The van der Waals surface area contributed by atoms with Crippen LogP contribution in [0.5, 0.6) is 5.75 Å². The van der Waals surface area contributed by atoms with Gasteiger partial charge in [-0.3, -0.25) is 9.36 Å². The summed E-state index contributed by atoms with van der Waals surface area (Å²) >= 11 is 0. The summed E-state index contributed by atoms with van der Waals surface area (Å²) in [4.78, 5) is 16.3. The van der Waals surface area contributed by atoms with E-state index in [0.717, 1.165) is 12.8 Å². The molecule has 3 rings (SSSR count). The summed E-state index contributed by atoms with van der Waals surface area (Å²) in [6, 6.07) is 7.44. The number of nitrogens with zero attached hydrogens (tertiary/aromatic N) is 2. The minimum absolute atomic E-state index is 0.103.